The third-order valence-corrected chi connectivity index (χ3v) is 4.62. The maximum atomic E-state index is 11.6. The number of anilines is 1. The Morgan fingerprint density at radius 2 is 2.11 bits per heavy atom. The summed E-state index contributed by atoms with van der Waals surface area (Å²) >= 11 is 0. The van der Waals surface area contributed by atoms with Crippen LogP contribution in [0.25, 0.3) is 0 Å². The molecule has 0 saturated carbocycles. The van der Waals surface area contributed by atoms with Crippen LogP contribution >= 0.6 is 0 Å². The van der Waals surface area contributed by atoms with Gasteiger partial charge in [-0.25, -0.2) is 13.1 Å². The van der Waals surface area contributed by atoms with Gasteiger partial charge in [0.05, 0.1) is 30.8 Å². The van der Waals surface area contributed by atoms with E-state index < -0.39 is 10.0 Å². The van der Waals surface area contributed by atoms with Crippen LogP contribution in [0.3, 0.4) is 0 Å². The lowest BCUT2D eigenvalue weighted by Gasteiger charge is -2.36. The molecule has 1 aromatic rings. The number of benzene rings is 1. The molecule has 0 amide bonds. The molecule has 0 radical (unpaired) electrons. The van der Waals surface area contributed by atoms with Gasteiger partial charge in [-0.05, 0) is 31.3 Å². The first kappa shape index (κ1) is 14.3. The van der Waals surface area contributed by atoms with Crippen LogP contribution in [0.15, 0.2) is 29.2 Å². The molecular weight excluding hydrogens is 268 g/mol. The van der Waals surface area contributed by atoms with Crippen LogP contribution < -0.4 is 9.62 Å². The van der Waals surface area contributed by atoms with Gasteiger partial charge in [0.2, 0.25) is 10.0 Å². The zero-order chi connectivity index (χ0) is 13.9. The van der Waals surface area contributed by atoms with Crippen LogP contribution in [-0.2, 0) is 14.8 Å². The maximum absolute atomic E-state index is 11.6. The number of sulfonamides is 1. The van der Waals surface area contributed by atoms with Gasteiger partial charge in [0, 0.05) is 12.2 Å². The van der Waals surface area contributed by atoms with Crippen molar-refractivity contribution < 1.29 is 18.3 Å². The number of morpholine rings is 1. The van der Waals surface area contributed by atoms with Crippen LogP contribution in [0, 0.1) is 0 Å². The van der Waals surface area contributed by atoms with Gasteiger partial charge in [-0.15, -0.1) is 0 Å². The second-order valence-electron chi connectivity index (χ2n) is 4.31. The molecule has 0 aromatic heterocycles. The molecule has 6 nitrogen and oxygen atoms in total. The van der Waals surface area contributed by atoms with Crippen molar-refractivity contribution in [3.8, 4) is 0 Å². The van der Waals surface area contributed by atoms with Crippen molar-refractivity contribution in [3.63, 3.8) is 0 Å². The number of hydrogen-bond acceptors (Lipinski definition) is 5. The quantitative estimate of drug-likeness (QED) is 0.801. The van der Waals surface area contributed by atoms with Crippen molar-refractivity contribution in [1.29, 1.82) is 0 Å². The van der Waals surface area contributed by atoms with Crippen molar-refractivity contribution in [3.05, 3.63) is 24.3 Å². The normalized spacial score (nSPS) is 20.5. The predicted octanol–water partition coefficient (Wildman–Crippen LogP) is -0.208. The predicted molar refractivity (Wildman–Crippen MR) is 71.7 cm³/mol. The highest BCUT2D eigenvalue weighted by Crippen LogP contribution is 2.21. The molecule has 106 valence electrons. The van der Waals surface area contributed by atoms with Gasteiger partial charge in [-0.2, -0.15) is 0 Å². The number of nitrogens with zero attached hydrogens (tertiary/aromatic N) is 1. The summed E-state index contributed by atoms with van der Waals surface area (Å²) in [7, 11) is -2.03. The smallest absolute Gasteiger partial charge is 0.240 e. The van der Waals surface area contributed by atoms with Crippen LogP contribution in [0.1, 0.15) is 0 Å². The Hall–Kier alpha value is -1.15. The molecule has 2 rings (SSSR count). The Morgan fingerprint density at radius 3 is 2.68 bits per heavy atom. The van der Waals surface area contributed by atoms with E-state index in [1.165, 1.54) is 7.05 Å². The summed E-state index contributed by atoms with van der Waals surface area (Å²) in [5.74, 6) is 0. The maximum Gasteiger partial charge on any atom is 0.240 e. The van der Waals surface area contributed by atoms with Gasteiger partial charge >= 0.3 is 0 Å². The number of rotatable bonds is 4. The van der Waals surface area contributed by atoms with E-state index in [0.717, 1.165) is 5.69 Å². The molecule has 1 fully saturated rings. The van der Waals surface area contributed by atoms with Crippen LogP contribution in [0.5, 0.6) is 0 Å². The number of nitrogens with one attached hydrogen (secondary N) is 1. The SMILES string of the molecule is CNS(=O)(=O)c1ccc(N2CCOCC2CO)cc1. The molecular formula is C12H18N2O4S. The van der Waals surface area contributed by atoms with Gasteiger partial charge in [0.1, 0.15) is 0 Å². The highest BCUT2D eigenvalue weighted by Gasteiger charge is 2.22. The van der Waals surface area contributed by atoms with Gasteiger partial charge < -0.3 is 14.7 Å². The Balaban J connectivity index is 2.22. The molecule has 0 aliphatic carbocycles. The van der Waals surface area contributed by atoms with E-state index in [2.05, 4.69) is 4.72 Å². The van der Waals surface area contributed by atoms with Crippen molar-refractivity contribution in [2.45, 2.75) is 10.9 Å². The summed E-state index contributed by atoms with van der Waals surface area (Å²) in [4.78, 5) is 2.26. The fourth-order valence-electron chi connectivity index (χ4n) is 2.08. The summed E-state index contributed by atoms with van der Waals surface area (Å²) < 4.78 is 30.8. The topological polar surface area (TPSA) is 78.9 Å². The van der Waals surface area contributed by atoms with E-state index in [1.54, 1.807) is 24.3 Å². The second-order valence-corrected chi connectivity index (χ2v) is 6.19. The van der Waals surface area contributed by atoms with Crippen molar-refractivity contribution in [1.82, 2.24) is 4.72 Å². The molecule has 0 bridgehead atoms. The second kappa shape index (κ2) is 5.87. The third-order valence-electron chi connectivity index (χ3n) is 3.19. The molecule has 1 atom stereocenters. The van der Waals surface area contributed by atoms with Crippen LogP contribution in [0.4, 0.5) is 5.69 Å². The molecule has 7 heteroatoms. The molecule has 1 unspecified atom stereocenters. The van der Waals surface area contributed by atoms with E-state index >= 15 is 0 Å². The third kappa shape index (κ3) is 3.06. The summed E-state index contributed by atoms with van der Waals surface area (Å²) in [5, 5.41) is 9.32. The summed E-state index contributed by atoms with van der Waals surface area (Å²) in [5.41, 5.74) is 0.886. The Morgan fingerprint density at radius 1 is 1.42 bits per heavy atom. The lowest BCUT2D eigenvalue weighted by molar-refractivity contribution is 0.0727. The van der Waals surface area contributed by atoms with E-state index in [0.29, 0.717) is 19.8 Å². The Labute approximate surface area is 113 Å². The summed E-state index contributed by atoms with van der Waals surface area (Å²) in [6.07, 6.45) is 0. The lowest BCUT2D eigenvalue weighted by atomic mass is 10.2. The van der Waals surface area contributed by atoms with Gasteiger partial charge in [-0.1, -0.05) is 0 Å². The molecule has 1 saturated heterocycles. The largest absolute Gasteiger partial charge is 0.394 e. The molecule has 19 heavy (non-hydrogen) atoms. The van der Waals surface area contributed by atoms with Crippen molar-refractivity contribution in [2.75, 3.05) is 38.3 Å². The minimum Gasteiger partial charge on any atom is -0.394 e. The highest BCUT2D eigenvalue weighted by molar-refractivity contribution is 7.89. The van der Waals surface area contributed by atoms with Crippen molar-refractivity contribution in [2.24, 2.45) is 0 Å². The highest BCUT2D eigenvalue weighted by atomic mass is 32.2. The fourth-order valence-corrected chi connectivity index (χ4v) is 2.81. The van der Waals surface area contributed by atoms with E-state index in [-0.39, 0.29) is 17.5 Å². The Kier molecular flexibility index (Phi) is 4.41. The molecule has 1 aliphatic heterocycles. The minimum absolute atomic E-state index is 0.0105. The zero-order valence-electron chi connectivity index (χ0n) is 10.7. The number of aliphatic hydroxyl groups is 1. The molecule has 2 N–H and O–H groups in total. The fraction of sp³-hybridized carbons (Fsp3) is 0.500. The first-order chi connectivity index (χ1) is 9.08. The Bertz CT molecular complexity index is 515. The number of aliphatic hydroxyl groups excluding tert-OH is 1. The van der Waals surface area contributed by atoms with Crippen LogP contribution in [0.2, 0.25) is 0 Å². The van der Waals surface area contributed by atoms with Gasteiger partial charge in [-0.3, -0.25) is 0 Å². The molecule has 0 spiro atoms. The summed E-state index contributed by atoms with van der Waals surface area (Å²) in [6, 6.07) is 6.53. The van der Waals surface area contributed by atoms with Gasteiger partial charge in [0.25, 0.3) is 0 Å². The van der Waals surface area contributed by atoms with E-state index in [4.69, 9.17) is 4.74 Å². The van der Waals surface area contributed by atoms with E-state index in [9.17, 15) is 13.5 Å². The lowest BCUT2D eigenvalue weighted by Crippen LogP contribution is -2.47. The molecule has 1 aromatic carbocycles. The zero-order valence-corrected chi connectivity index (χ0v) is 11.6. The number of ether oxygens (including phenoxy) is 1. The standard InChI is InChI=1S/C12H18N2O4S/c1-13-19(16,17)12-4-2-10(3-5-12)14-6-7-18-9-11(14)8-15/h2-5,11,13,15H,6-9H2,1H3. The first-order valence-electron chi connectivity index (χ1n) is 6.07. The first-order valence-corrected chi connectivity index (χ1v) is 7.55. The van der Waals surface area contributed by atoms with E-state index in [1.807, 2.05) is 4.90 Å². The summed E-state index contributed by atoms with van der Waals surface area (Å²) in [6.45, 7) is 1.78. The minimum atomic E-state index is -3.41. The molecule has 1 heterocycles. The average molecular weight is 286 g/mol. The number of hydrogen-bond donors (Lipinski definition) is 2. The molecule has 1 aliphatic rings. The van der Waals surface area contributed by atoms with Gasteiger partial charge in [0.15, 0.2) is 0 Å². The van der Waals surface area contributed by atoms with Crippen molar-refractivity contribution >= 4 is 15.7 Å². The van der Waals surface area contributed by atoms with Crippen LogP contribution in [-0.4, -0.2) is 53.0 Å². The monoisotopic (exact) mass is 286 g/mol. The average Bonchev–Trinajstić information content (AvgIpc) is 2.47.